The first kappa shape index (κ1) is 15.3. The van der Waals surface area contributed by atoms with Gasteiger partial charge in [0, 0.05) is 10.5 Å². The van der Waals surface area contributed by atoms with Gasteiger partial charge < -0.3 is 10.5 Å². The van der Waals surface area contributed by atoms with Crippen molar-refractivity contribution in [2.24, 2.45) is 5.73 Å². The van der Waals surface area contributed by atoms with E-state index in [1.807, 2.05) is 6.92 Å². The third kappa shape index (κ3) is 4.14. The fourth-order valence-electron chi connectivity index (χ4n) is 1.78. The predicted octanol–water partition coefficient (Wildman–Crippen LogP) is 3.99. The molecule has 100 valence electrons. The van der Waals surface area contributed by atoms with E-state index < -0.39 is 0 Å². The molecule has 0 aromatic heterocycles. The molecule has 0 heterocycles. The van der Waals surface area contributed by atoms with Crippen molar-refractivity contribution >= 4 is 15.9 Å². The van der Waals surface area contributed by atoms with Crippen LogP contribution in [0.15, 0.2) is 29.3 Å². The van der Waals surface area contributed by atoms with E-state index in [9.17, 15) is 0 Å². The quantitative estimate of drug-likeness (QED) is 0.806. The van der Waals surface area contributed by atoms with Gasteiger partial charge in [0.05, 0.1) is 0 Å². The van der Waals surface area contributed by atoms with Crippen molar-refractivity contribution < 1.29 is 4.74 Å². The van der Waals surface area contributed by atoms with Crippen molar-refractivity contribution in [3.05, 3.63) is 40.4 Å². The first-order valence-corrected chi connectivity index (χ1v) is 7.11. The van der Waals surface area contributed by atoms with E-state index in [-0.39, 0.29) is 12.1 Å². The molecule has 0 aliphatic heterocycles. The van der Waals surface area contributed by atoms with Gasteiger partial charge in [-0.25, -0.2) is 0 Å². The number of benzene rings is 1. The Kier molecular flexibility index (Phi) is 5.89. The number of nitrogens with two attached hydrogens (primary N) is 1. The van der Waals surface area contributed by atoms with Gasteiger partial charge in [0.15, 0.2) is 0 Å². The molecule has 0 fully saturated rings. The number of rotatable bonds is 6. The van der Waals surface area contributed by atoms with Crippen molar-refractivity contribution in [3.63, 3.8) is 0 Å². The molecule has 0 radical (unpaired) electrons. The van der Waals surface area contributed by atoms with Gasteiger partial charge in [0.25, 0.3) is 0 Å². The van der Waals surface area contributed by atoms with E-state index in [4.69, 9.17) is 10.5 Å². The van der Waals surface area contributed by atoms with Gasteiger partial charge in [-0.3, -0.25) is 0 Å². The number of halogens is 1. The lowest BCUT2D eigenvalue weighted by molar-refractivity contribution is 0.265. The van der Waals surface area contributed by atoms with Crippen molar-refractivity contribution in [1.82, 2.24) is 0 Å². The van der Waals surface area contributed by atoms with Crippen LogP contribution in [-0.4, -0.2) is 12.1 Å². The second-order valence-electron chi connectivity index (χ2n) is 4.64. The molecular weight excluding hydrogens is 290 g/mol. The monoisotopic (exact) mass is 311 g/mol. The molecule has 2 nitrogen and oxygen atoms in total. The minimum Gasteiger partial charge on any atom is -0.486 e. The lowest BCUT2D eigenvalue weighted by Gasteiger charge is -2.19. The summed E-state index contributed by atoms with van der Waals surface area (Å²) in [5.74, 6) is 0.939. The van der Waals surface area contributed by atoms with Crippen LogP contribution < -0.4 is 10.5 Å². The summed E-state index contributed by atoms with van der Waals surface area (Å²) in [4.78, 5) is 0. The zero-order chi connectivity index (χ0) is 13.7. The smallest absolute Gasteiger partial charge is 0.126 e. The van der Waals surface area contributed by atoms with Crippen molar-refractivity contribution in [2.45, 2.75) is 45.8 Å². The zero-order valence-corrected chi connectivity index (χ0v) is 13.0. The molecule has 2 atom stereocenters. The number of hydrogen-bond donors (Lipinski definition) is 1. The van der Waals surface area contributed by atoms with Gasteiger partial charge in [-0.05, 0) is 49.9 Å². The van der Waals surface area contributed by atoms with Gasteiger partial charge in [-0.15, -0.1) is 0 Å². The Balaban J connectivity index is 3.07. The van der Waals surface area contributed by atoms with E-state index in [2.05, 4.69) is 48.5 Å². The van der Waals surface area contributed by atoms with Crippen molar-refractivity contribution in [1.29, 1.82) is 0 Å². The van der Waals surface area contributed by atoms with Crippen LogP contribution in [0.3, 0.4) is 0 Å². The molecule has 18 heavy (non-hydrogen) atoms. The summed E-state index contributed by atoms with van der Waals surface area (Å²) in [5.41, 5.74) is 8.33. The lowest BCUT2D eigenvalue weighted by atomic mass is 10.0. The summed E-state index contributed by atoms with van der Waals surface area (Å²) in [6.07, 6.45) is 3.59. The molecule has 0 amide bonds. The maximum atomic E-state index is 6.05. The topological polar surface area (TPSA) is 35.2 Å². The largest absolute Gasteiger partial charge is 0.486 e. The predicted molar refractivity (Wildman–Crippen MR) is 81.1 cm³/mol. The van der Waals surface area contributed by atoms with Crippen LogP contribution in [0, 0.1) is 6.92 Å². The first-order chi connectivity index (χ1) is 8.47. The highest BCUT2D eigenvalue weighted by molar-refractivity contribution is 9.10. The normalized spacial score (nSPS) is 14.1. The highest BCUT2D eigenvalue weighted by Crippen LogP contribution is 2.30. The maximum absolute atomic E-state index is 6.05. The lowest BCUT2D eigenvalue weighted by Crippen LogP contribution is -2.22. The Morgan fingerprint density at radius 2 is 2.17 bits per heavy atom. The van der Waals surface area contributed by atoms with Gasteiger partial charge in [-0.1, -0.05) is 35.5 Å². The average Bonchev–Trinajstić information content (AvgIpc) is 2.32. The minimum absolute atomic E-state index is 0.00137. The molecule has 2 unspecified atom stereocenters. The fourth-order valence-corrected chi connectivity index (χ4v) is 2.40. The minimum atomic E-state index is 0.00137. The Morgan fingerprint density at radius 1 is 1.50 bits per heavy atom. The average molecular weight is 312 g/mol. The van der Waals surface area contributed by atoms with Crippen LogP contribution in [-0.2, 0) is 6.42 Å². The van der Waals surface area contributed by atoms with Crippen LogP contribution in [0.5, 0.6) is 5.75 Å². The van der Waals surface area contributed by atoms with Gasteiger partial charge in [0.2, 0.25) is 0 Å². The highest BCUT2D eigenvalue weighted by atomic mass is 79.9. The Hall–Kier alpha value is -0.800. The van der Waals surface area contributed by atoms with E-state index in [1.165, 1.54) is 0 Å². The molecule has 2 N–H and O–H groups in total. The highest BCUT2D eigenvalue weighted by Gasteiger charge is 2.13. The molecule has 1 rings (SSSR count). The summed E-state index contributed by atoms with van der Waals surface area (Å²) in [7, 11) is 0. The van der Waals surface area contributed by atoms with E-state index in [0.717, 1.165) is 34.2 Å². The van der Waals surface area contributed by atoms with Crippen LogP contribution in [0.2, 0.25) is 0 Å². The van der Waals surface area contributed by atoms with Gasteiger partial charge in [0.1, 0.15) is 11.9 Å². The van der Waals surface area contributed by atoms with E-state index in [1.54, 1.807) is 6.08 Å². The standard InChI is InChI=1S/C15H22BrNO/c1-5-11(4)18-15-10(3)7-13(16)8-12(15)9-14(17)6-2/h5,7-8,11,14H,1,6,9,17H2,2-4H3. The molecule has 0 bridgehead atoms. The molecule has 0 saturated heterocycles. The van der Waals surface area contributed by atoms with Crippen LogP contribution in [0.1, 0.15) is 31.4 Å². The van der Waals surface area contributed by atoms with E-state index in [0.29, 0.717) is 0 Å². The summed E-state index contributed by atoms with van der Waals surface area (Å²) >= 11 is 3.53. The van der Waals surface area contributed by atoms with Crippen molar-refractivity contribution in [3.8, 4) is 5.75 Å². The first-order valence-electron chi connectivity index (χ1n) is 6.31. The molecule has 1 aromatic carbocycles. The van der Waals surface area contributed by atoms with Crippen LogP contribution in [0.4, 0.5) is 0 Å². The summed E-state index contributed by atoms with van der Waals surface area (Å²) in [6, 6.07) is 4.32. The molecule has 1 aromatic rings. The molecule has 0 spiro atoms. The van der Waals surface area contributed by atoms with Gasteiger partial charge >= 0.3 is 0 Å². The van der Waals surface area contributed by atoms with Crippen LogP contribution >= 0.6 is 15.9 Å². The molecular formula is C15H22BrNO. The Bertz CT molecular complexity index is 417. The number of ether oxygens (including phenoxy) is 1. The van der Waals surface area contributed by atoms with E-state index >= 15 is 0 Å². The number of aryl methyl sites for hydroxylation is 1. The molecule has 0 saturated carbocycles. The Morgan fingerprint density at radius 3 is 2.72 bits per heavy atom. The number of hydrogen-bond acceptors (Lipinski definition) is 2. The third-order valence-electron chi connectivity index (χ3n) is 2.96. The third-order valence-corrected chi connectivity index (χ3v) is 3.42. The molecule has 0 aliphatic rings. The summed E-state index contributed by atoms with van der Waals surface area (Å²) < 4.78 is 7.00. The fraction of sp³-hybridized carbons (Fsp3) is 0.467. The SMILES string of the molecule is C=CC(C)Oc1c(C)cc(Br)cc1CC(N)CC. The van der Waals surface area contributed by atoms with Crippen molar-refractivity contribution in [2.75, 3.05) is 0 Å². The molecule has 3 heteroatoms. The molecule has 0 aliphatic carbocycles. The zero-order valence-electron chi connectivity index (χ0n) is 11.4. The second-order valence-corrected chi connectivity index (χ2v) is 5.56. The summed E-state index contributed by atoms with van der Waals surface area (Å²) in [6.45, 7) is 9.89. The maximum Gasteiger partial charge on any atom is 0.126 e. The van der Waals surface area contributed by atoms with Crippen LogP contribution in [0.25, 0.3) is 0 Å². The second kappa shape index (κ2) is 6.95. The van der Waals surface area contributed by atoms with Gasteiger partial charge in [-0.2, -0.15) is 0 Å². The summed E-state index contributed by atoms with van der Waals surface area (Å²) in [5, 5.41) is 0. The Labute approximate surface area is 118 Å².